The zero-order valence-electron chi connectivity index (χ0n) is 12.6. The van der Waals surface area contributed by atoms with E-state index in [1.807, 2.05) is 43.0 Å². The van der Waals surface area contributed by atoms with Gasteiger partial charge in [0.1, 0.15) is 5.41 Å². The zero-order chi connectivity index (χ0) is 15.0. The Morgan fingerprint density at radius 3 is 2.50 bits per heavy atom. The zero-order valence-corrected chi connectivity index (χ0v) is 13.5. The summed E-state index contributed by atoms with van der Waals surface area (Å²) in [6.45, 7) is 4.45. The van der Waals surface area contributed by atoms with Gasteiger partial charge in [0.15, 0.2) is 0 Å². The fraction of sp³-hybridized carbons (Fsp3) is 0.562. The first-order chi connectivity index (χ1) is 9.60. The van der Waals surface area contributed by atoms with E-state index in [0.717, 1.165) is 29.9 Å². The second-order valence-electron chi connectivity index (χ2n) is 4.94. The fourth-order valence-corrected chi connectivity index (χ4v) is 2.99. The molecule has 1 unspecified atom stereocenters. The molecule has 0 saturated heterocycles. The van der Waals surface area contributed by atoms with Gasteiger partial charge in [-0.2, -0.15) is 11.8 Å². The molecule has 1 aromatic rings. The van der Waals surface area contributed by atoms with Crippen LogP contribution in [0, 0.1) is 6.92 Å². The van der Waals surface area contributed by atoms with Crippen molar-refractivity contribution in [2.24, 2.45) is 5.73 Å². The van der Waals surface area contributed by atoms with Crippen molar-refractivity contribution in [3.63, 3.8) is 0 Å². The molecule has 20 heavy (non-hydrogen) atoms. The van der Waals surface area contributed by atoms with Crippen LogP contribution in [0.4, 0.5) is 0 Å². The predicted octanol–water partition coefficient (Wildman–Crippen LogP) is 2.90. The van der Waals surface area contributed by atoms with Gasteiger partial charge in [0.05, 0.1) is 7.11 Å². The van der Waals surface area contributed by atoms with Crippen LogP contribution in [0.5, 0.6) is 0 Å². The third-order valence-electron chi connectivity index (χ3n) is 3.63. The highest BCUT2D eigenvalue weighted by Gasteiger charge is 2.39. The van der Waals surface area contributed by atoms with Gasteiger partial charge in [-0.1, -0.05) is 36.8 Å². The first-order valence-electron chi connectivity index (χ1n) is 7.04. The molecular formula is C16H25NO2S. The van der Waals surface area contributed by atoms with Gasteiger partial charge in [-0.15, -0.1) is 0 Å². The molecule has 0 aromatic heterocycles. The summed E-state index contributed by atoms with van der Waals surface area (Å²) in [7, 11) is 1.43. The number of esters is 1. The third kappa shape index (κ3) is 4.00. The van der Waals surface area contributed by atoms with E-state index in [0.29, 0.717) is 0 Å². The van der Waals surface area contributed by atoms with Gasteiger partial charge < -0.3 is 10.5 Å². The number of benzene rings is 1. The molecule has 0 aliphatic rings. The molecule has 0 radical (unpaired) electrons. The summed E-state index contributed by atoms with van der Waals surface area (Å²) in [6, 6.07) is 8.02. The molecule has 0 saturated carbocycles. The van der Waals surface area contributed by atoms with E-state index >= 15 is 0 Å². The average molecular weight is 295 g/mol. The van der Waals surface area contributed by atoms with E-state index in [9.17, 15) is 4.79 Å². The van der Waals surface area contributed by atoms with Gasteiger partial charge in [0.2, 0.25) is 0 Å². The number of aryl methyl sites for hydroxylation is 1. The molecule has 0 aliphatic heterocycles. The monoisotopic (exact) mass is 295 g/mol. The van der Waals surface area contributed by atoms with Crippen LogP contribution in [-0.4, -0.2) is 31.1 Å². The second kappa shape index (κ2) is 8.32. The van der Waals surface area contributed by atoms with Crippen LogP contribution in [0.25, 0.3) is 0 Å². The molecule has 112 valence electrons. The molecule has 1 aromatic carbocycles. The predicted molar refractivity (Wildman–Crippen MR) is 86.2 cm³/mol. The summed E-state index contributed by atoms with van der Waals surface area (Å²) >= 11 is 1.88. The number of methoxy groups -OCH3 is 1. The highest BCUT2D eigenvalue weighted by atomic mass is 32.2. The lowest BCUT2D eigenvalue weighted by Crippen LogP contribution is -2.44. The van der Waals surface area contributed by atoms with Gasteiger partial charge in [0.25, 0.3) is 0 Å². The molecule has 4 heteroatoms. The first-order valence-corrected chi connectivity index (χ1v) is 8.19. The normalized spacial score (nSPS) is 13.8. The Morgan fingerprint density at radius 2 is 2.00 bits per heavy atom. The summed E-state index contributed by atoms with van der Waals surface area (Å²) < 4.78 is 5.02. The van der Waals surface area contributed by atoms with E-state index in [-0.39, 0.29) is 12.5 Å². The number of hydrogen-bond donors (Lipinski definition) is 1. The third-order valence-corrected chi connectivity index (χ3v) is 4.61. The fourth-order valence-electron chi connectivity index (χ4n) is 2.36. The second-order valence-corrected chi connectivity index (χ2v) is 6.34. The maximum atomic E-state index is 12.3. The minimum atomic E-state index is -0.712. The van der Waals surface area contributed by atoms with Gasteiger partial charge in [0, 0.05) is 6.54 Å². The van der Waals surface area contributed by atoms with Crippen molar-refractivity contribution in [3.8, 4) is 0 Å². The van der Waals surface area contributed by atoms with Crippen molar-refractivity contribution >= 4 is 17.7 Å². The molecule has 0 spiro atoms. The van der Waals surface area contributed by atoms with E-state index in [4.69, 9.17) is 10.5 Å². The van der Waals surface area contributed by atoms with E-state index in [2.05, 4.69) is 6.92 Å². The topological polar surface area (TPSA) is 52.3 Å². The molecule has 1 atom stereocenters. The van der Waals surface area contributed by atoms with Gasteiger partial charge >= 0.3 is 5.97 Å². The van der Waals surface area contributed by atoms with Crippen molar-refractivity contribution in [2.45, 2.75) is 32.1 Å². The van der Waals surface area contributed by atoms with Crippen molar-refractivity contribution in [2.75, 3.05) is 25.2 Å². The number of rotatable bonds is 8. The Kier molecular flexibility index (Phi) is 7.10. The summed E-state index contributed by atoms with van der Waals surface area (Å²) in [5.74, 6) is 1.91. The number of carbonyl (C=O) groups is 1. The van der Waals surface area contributed by atoms with Crippen LogP contribution in [0.15, 0.2) is 24.3 Å². The van der Waals surface area contributed by atoms with Crippen molar-refractivity contribution in [1.82, 2.24) is 0 Å². The van der Waals surface area contributed by atoms with Crippen molar-refractivity contribution in [1.29, 1.82) is 0 Å². The lowest BCUT2D eigenvalue weighted by Gasteiger charge is -2.30. The minimum Gasteiger partial charge on any atom is -0.468 e. The van der Waals surface area contributed by atoms with Gasteiger partial charge in [-0.3, -0.25) is 4.79 Å². The number of ether oxygens (including phenoxy) is 1. The van der Waals surface area contributed by atoms with Gasteiger partial charge in [-0.05, 0) is 36.8 Å². The summed E-state index contributed by atoms with van der Waals surface area (Å²) in [6.07, 6.45) is 1.69. The average Bonchev–Trinajstić information content (AvgIpc) is 2.48. The minimum absolute atomic E-state index is 0.231. The van der Waals surface area contributed by atoms with Crippen molar-refractivity contribution in [3.05, 3.63) is 35.4 Å². The Morgan fingerprint density at radius 1 is 1.35 bits per heavy atom. The van der Waals surface area contributed by atoms with Gasteiger partial charge in [-0.25, -0.2) is 0 Å². The van der Waals surface area contributed by atoms with Crippen LogP contribution >= 0.6 is 11.8 Å². The standard InChI is InChI=1S/C16H25NO2S/c1-4-20-11-5-10-16(12-17,15(18)19-3)14-8-6-13(2)7-9-14/h6-9H,4-5,10-12,17H2,1-3H3. The molecule has 0 bridgehead atoms. The van der Waals surface area contributed by atoms with E-state index in [1.165, 1.54) is 12.7 Å². The number of hydrogen-bond acceptors (Lipinski definition) is 4. The molecule has 2 N–H and O–H groups in total. The molecule has 1 rings (SSSR count). The summed E-state index contributed by atoms with van der Waals surface area (Å²) in [5, 5.41) is 0. The Hall–Kier alpha value is -1.00. The molecule has 0 fully saturated rings. The van der Waals surface area contributed by atoms with Crippen LogP contribution in [0.1, 0.15) is 30.9 Å². The highest BCUT2D eigenvalue weighted by Crippen LogP contribution is 2.31. The Labute approximate surface area is 126 Å². The molecule has 0 heterocycles. The number of thioether (sulfide) groups is 1. The molecule has 3 nitrogen and oxygen atoms in total. The summed E-state index contributed by atoms with van der Waals surface area (Å²) in [5.41, 5.74) is 7.38. The number of carbonyl (C=O) groups excluding carboxylic acids is 1. The Balaban J connectivity index is 2.98. The SMILES string of the molecule is CCSCCCC(CN)(C(=O)OC)c1ccc(C)cc1. The quantitative estimate of drug-likeness (QED) is 0.592. The smallest absolute Gasteiger partial charge is 0.317 e. The molecular weight excluding hydrogens is 270 g/mol. The molecule has 0 amide bonds. The largest absolute Gasteiger partial charge is 0.468 e. The van der Waals surface area contributed by atoms with E-state index in [1.54, 1.807) is 0 Å². The lowest BCUT2D eigenvalue weighted by molar-refractivity contribution is -0.147. The Bertz CT molecular complexity index is 419. The maximum Gasteiger partial charge on any atom is 0.317 e. The van der Waals surface area contributed by atoms with Crippen molar-refractivity contribution < 1.29 is 9.53 Å². The highest BCUT2D eigenvalue weighted by molar-refractivity contribution is 7.99. The maximum absolute atomic E-state index is 12.3. The van der Waals surface area contributed by atoms with Crippen LogP contribution in [-0.2, 0) is 14.9 Å². The van der Waals surface area contributed by atoms with Crippen LogP contribution in [0.2, 0.25) is 0 Å². The number of nitrogens with two attached hydrogens (primary N) is 1. The lowest BCUT2D eigenvalue weighted by atomic mass is 9.76. The van der Waals surface area contributed by atoms with Crippen LogP contribution < -0.4 is 5.73 Å². The van der Waals surface area contributed by atoms with Crippen LogP contribution in [0.3, 0.4) is 0 Å². The first kappa shape index (κ1) is 17.1. The van der Waals surface area contributed by atoms with E-state index < -0.39 is 5.41 Å². The summed E-state index contributed by atoms with van der Waals surface area (Å²) in [4.78, 5) is 12.3. The molecule has 0 aliphatic carbocycles.